The topological polar surface area (TPSA) is 60.9 Å². The van der Waals surface area contributed by atoms with Crippen LogP contribution < -0.4 is 0 Å². The molecule has 0 radical (unpaired) electrons. The summed E-state index contributed by atoms with van der Waals surface area (Å²) in [6.45, 7) is 5.48. The van der Waals surface area contributed by atoms with Gasteiger partial charge in [-0.1, -0.05) is 0 Å². The van der Waals surface area contributed by atoms with Gasteiger partial charge in [0, 0.05) is 25.6 Å². The Labute approximate surface area is 101 Å². The average molecular weight is 240 g/mol. The number of rotatable bonds is 4. The number of amides is 1. The fourth-order valence-electron chi connectivity index (χ4n) is 2.76. The Hall–Kier alpha value is -1.10. The van der Waals surface area contributed by atoms with E-state index in [0.29, 0.717) is 6.54 Å². The first kappa shape index (κ1) is 12.4. The summed E-state index contributed by atoms with van der Waals surface area (Å²) in [7, 11) is 0. The van der Waals surface area contributed by atoms with Crippen LogP contribution in [0.15, 0.2) is 0 Å². The first-order valence-electron chi connectivity index (χ1n) is 6.32. The Bertz CT molecular complexity index is 313. The van der Waals surface area contributed by atoms with E-state index in [1.54, 1.807) is 4.90 Å². The van der Waals surface area contributed by atoms with E-state index in [0.717, 1.165) is 19.6 Å². The van der Waals surface area contributed by atoms with Crippen molar-refractivity contribution in [2.24, 2.45) is 5.92 Å². The molecule has 0 aliphatic carbocycles. The zero-order valence-corrected chi connectivity index (χ0v) is 10.3. The van der Waals surface area contributed by atoms with E-state index in [1.165, 1.54) is 12.8 Å². The lowest BCUT2D eigenvalue weighted by molar-refractivity contribution is -0.141. The van der Waals surface area contributed by atoms with Gasteiger partial charge < -0.3 is 14.9 Å². The summed E-state index contributed by atoms with van der Waals surface area (Å²) in [4.78, 5) is 26.7. The Balaban J connectivity index is 1.88. The van der Waals surface area contributed by atoms with Crippen molar-refractivity contribution in [1.82, 2.24) is 9.80 Å². The van der Waals surface area contributed by atoms with Crippen molar-refractivity contribution in [3.8, 4) is 0 Å². The highest BCUT2D eigenvalue weighted by Gasteiger charge is 2.36. The molecule has 2 atom stereocenters. The molecule has 0 bridgehead atoms. The molecule has 5 nitrogen and oxygen atoms in total. The normalized spacial score (nSPS) is 27.7. The summed E-state index contributed by atoms with van der Waals surface area (Å²) in [5.74, 6) is -1.37. The Morgan fingerprint density at radius 2 is 2.12 bits per heavy atom. The van der Waals surface area contributed by atoms with Crippen molar-refractivity contribution in [2.75, 3.05) is 26.2 Å². The highest BCUT2D eigenvalue weighted by molar-refractivity contribution is 5.86. The van der Waals surface area contributed by atoms with Crippen LogP contribution in [0.4, 0.5) is 0 Å². The molecule has 2 unspecified atom stereocenters. The molecule has 96 valence electrons. The number of carboxylic acids is 1. The van der Waals surface area contributed by atoms with Gasteiger partial charge in [0.05, 0.1) is 5.92 Å². The third kappa shape index (κ3) is 2.77. The van der Waals surface area contributed by atoms with E-state index < -0.39 is 11.9 Å². The highest BCUT2D eigenvalue weighted by Crippen LogP contribution is 2.21. The van der Waals surface area contributed by atoms with Gasteiger partial charge >= 0.3 is 5.97 Å². The van der Waals surface area contributed by atoms with Crippen molar-refractivity contribution in [1.29, 1.82) is 0 Å². The van der Waals surface area contributed by atoms with Crippen LogP contribution in [-0.4, -0.2) is 59.0 Å². The quantitative estimate of drug-likeness (QED) is 0.773. The van der Waals surface area contributed by atoms with Crippen molar-refractivity contribution in [2.45, 2.75) is 32.2 Å². The van der Waals surface area contributed by atoms with Crippen LogP contribution in [0.1, 0.15) is 26.2 Å². The van der Waals surface area contributed by atoms with E-state index in [9.17, 15) is 9.59 Å². The molecule has 2 aliphatic heterocycles. The molecular weight excluding hydrogens is 220 g/mol. The van der Waals surface area contributed by atoms with E-state index in [2.05, 4.69) is 4.90 Å². The number of carboxylic acid groups (broad SMARTS) is 1. The van der Waals surface area contributed by atoms with Gasteiger partial charge in [-0.2, -0.15) is 0 Å². The number of hydrogen-bond donors (Lipinski definition) is 1. The number of likely N-dealkylation sites (tertiary alicyclic amines) is 2. The fourth-order valence-corrected chi connectivity index (χ4v) is 2.76. The monoisotopic (exact) mass is 240 g/mol. The van der Waals surface area contributed by atoms with E-state index in [1.807, 2.05) is 6.92 Å². The average Bonchev–Trinajstić information content (AvgIpc) is 2.86. The minimum Gasteiger partial charge on any atom is -0.481 e. The standard InChI is InChI=1S/C12H20N2O3/c1-9(7-13-4-2-3-5-13)14-8-10(12(16)17)6-11(14)15/h9-10H,2-8H2,1H3,(H,16,17). The van der Waals surface area contributed by atoms with Crippen molar-refractivity contribution in [3.05, 3.63) is 0 Å². The molecule has 1 amide bonds. The lowest BCUT2D eigenvalue weighted by atomic mass is 10.1. The zero-order chi connectivity index (χ0) is 12.4. The van der Waals surface area contributed by atoms with Crippen LogP contribution in [0.25, 0.3) is 0 Å². The minimum atomic E-state index is -0.853. The number of carbonyl (C=O) groups is 2. The van der Waals surface area contributed by atoms with Gasteiger partial charge in [-0.25, -0.2) is 0 Å². The second kappa shape index (κ2) is 5.04. The Morgan fingerprint density at radius 3 is 2.65 bits per heavy atom. The van der Waals surface area contributed by atoms with Crippen molar-refractivity contribution in [3.63, 3.8) is 0 Å². The van der Waals surface area contributed by atoms with Gasteiger partial charge in [0.25, 0.3) is 0 Å². The molecule has 0 saturated carbocycles. The molecule has 2 aliphatic rings. The maximum Gasteiger partial charge on any atom is 0.308 e. The molecular formula is C12H20N2O3. The number of aliphatic carboxylic acids is 1. The first-order valence-corrected chi connectivity index (χ1v) is 6.32. The van der Waals surface area contributed by atoms with Gasteiger partial charge in [-0.05, 0) is 32.9 Å². The van der Waals surface area contributed by atoms with Gasteiger partial charge in [0.2, 0.25) is 5.91 Å². The Kier molecular flexibility index (Phi) is 3.66. The molecule has 5 heteroatoms. The van der Waals surface area contributed by atoms with E-state index >= 15 is 0 Å². The maximum atomic E-state index is 11.7. The van der Waals surface area contributed by atoms with Crippen LogP contribution in [0, 0.1) is 5.92 Å². The highest BCUT2D eigenvalue weighted by atomic mass is 16.4. The molecule has 2 rings (SSSR count). The molecule has 0 spiro atoms. The van der Waals surface area contributed by atoms with Gasteiger partial charge in [0.15, 0.2) is 0 Å². The molecule has 17 heavy (non-hydrogen) atoms. The van der Waals surface area contributed by atoms with Crippen molar-refractivity contribution < 1.29 is 14.7 Å². The maximum absolute atomic E-state index is 11.7. The van der Waals surface area contributed by atoms with E-state index in [4.69, 9.17) is 5.11 Å². The lowest BCUT2D eigenvalue weighted by Gasteiger charge is -2.28. The fraction of sp³-hybridized carbons (Fsp3) is 0.833. The second-order valence-electron chi connectivity index (χ2n) is 5.14. The zero-order valence-electron chi connectivity index (χ0n) is 10.3. The molecule has 2 fully saturated rings. The molecule has 2 saturated heterocycles. The third-order valence-corrected chi connectivity index (χ3v) is 3.76. The van der Waals surface area contributed by atoms with Crippen LogP contribution in [-0.2, 0) is 9.59 Å². The van der Waals surface area contributed by atoms with Gasteiger partial charge in [-0.3, -0.25) is 9.59 Å². The Morgan fingerprint density at radius 1 is 1.47 bits per heavy atom. The number of carbonyl (C=O) groups excluding carboxylic acids is 1. The predicted molar refractivity (Wildman–Crippen MR) is 62.6 cm³/mol. The SMILES string of the molecule is CC(CN1CCCC1)N1CC(C(=O)O)CC1=O. The summed E-state index contributed by atoms with van der Waals surface area (Å²) >= 11 is 0. The summed E-state index contributed by atoms with van der Waals surface area (Å²) in [6, 6.07) is 0.130. The van der Waals surface area contributed by atoms with Crippen LogP contribution in [0.3, 0.4) is 0 Å². The van der Waals surface area contributed by atoms with Gasteiger partial charge in [0.1, 0.15) is 0 Å². The number of hydrogen-bond acceptors (Lipinski definition) is 3. The summed E-state index contributed by atoms with van der Waals surface area (Å²) < 4.78 is 0. The second-order valence-corrected chi connectivity index (χ2v) is 5.14. The first-order chi connectivity index (χ1) is 8.08. The minimum absolute atomic E-state index is 0.0101. The van der Waals surface area contributed by atoms with Crippen LogP contribution >= 0.6 is 0 Å². The molecule has 1 N–H and O–H groups in total. The largest absolute Gasteiger partial charge is 0.481 e. The summed E-state index contributed by atoms with van der Waals surface area (Å²) in [6.07, 6.45) is 2.64. The van der Waals surface area contributed by atoms with Crippen LogP contribution in [0.2, 0.25) is 0 Å². The summed E-state index contributed by atoms with van der Waals surface area (Å²) in [5, 5.41) is 8.93. The predicted octanol–water partition coefficient (Wildman–Crippen LogP) is 0.404. The lowest BCUT2D eigenvalue weighted by Crippen LogP contribution is -2.42. The number of nitrogens with zero attached hydrogens (tertiary/aromatic N) is 2. The molecule has 0 aromatic heterocycles. The molecule has 2 heterocycles. The van der Waals surface area contributed by atoms with Crippen LogP contribution in [0.5, 0.6) is 0 Å². The molecule has 0 aromatic carbocycles. The smallest absolute Gasteiger partial charge is 0.308 e. The third-order valence-electron chi connectivity index (χ3n) is 3.76. The van der Waals surface area contributed by atoms with E-state index in [-0.39, 0.29) is 18.4 Å². The molecule has 0 aromatic rings. The van der Waals surface area contributed by atoms with Gasteiger partial charge in [-0.15, -0.1) is 0 Å². The van der Waals surface area contributed by atoms with Crippen molar-refractivity contribution >= 4 is 11.9 Å². The summed E-state index contributed by atoms with van der Waals surface area (Å²) in [5.41, 5.74) is 0.